The number of rotatable bonds is 5. The van der Waals surface area contributed by atoms with Crippen molar-refractivity contribution < 1.29 is 33.8 Å². The number of likely N-dealkylation sites (tertiary alicyclic amines) is 1. The number of hydrogen-bond donors (Lipinski definition) is 1. The van der Waals surface area contributed by atoms with Crippen LogP contribution in [0.1, 0.15) is 57.4 Å². The predicted molar refractivity (Wildman–Crippen MR) is 151 cm³/mol. The number of allylic oxidation sites excluding steroid dienone is 7. The quantitative estimate of drug-likeness (QED) is 0.317. The lowest BCUT2D eigenvalue weighted by Gasteiger charge is -2.41. The number of amides is 2. The first-order valence-corrected chi connectivity index (χ1v) is 14.5. The van der Waals surface area contributed by atoms with Gasteiger partial charge >= 0.3 is 0 Å². The number of phenols is 1. The van der Waals surface area contributed by atoms with E-state index in [0.717, 1.165) is 37.7 Å². The number of aromatic hydroxyl groups is 1. The summed E-state index contributed by atoms with van der Waals surface area (Å²) in [7, 11) is 2.90. The van der Waals surface area contributed by atoms with Crippen LogP contribution in [-0.2, 0) is 19.2 Å². The van der Waals surface area contributed by atoms with Gasteiger partial charge < -0.3 is 14.6 Å². The van der Waals surface area contributed by atoms with E-state index in [1.54, 1.807) is 24.0 Å². The molecule has 1 saturated carbocycles. The fourth-order valence-corrected chi connectivity index (χ4v) is 7.58. The third-order valence-corrected chi connectivity index (χ3v) is 9.57. The van der Waals surface area contributed by atoms with E-state index in [-0.39, 0.29) is 59.0 Å². The van der Waals surface area contributed by atoms with Crippen LogP contribution in [0.2, 0.25) is 0 Å². The molecule has 214 valence electrons. The average Bonchev–Trinajstić information content (AvgIpc) is 3.24. The van der Waals surface area contributed by atoms with Crippen molar-refractivity contribution in [1.82, 2.24) is 4.90 Å². The van der Waals surface area contributed by atoms with Gasteiger partial charge in [-0.25, -0.2) is 0 Å². The molecule has 0 unspecified atom stereocenters. The largest absolute Gasteiger partial charge is 0.502 e. The summed E-state index contributed by atoms with van der Waals surface area (Å²) in [4.78, 5) is 55.9. The maximum absolute atomic E-state index is 13.9. The summed E-state index contributed by atoms with van der Waals surface area (Å²) in [6.07, 6.45) is 12.7. The summed E-state index contributed by atoms with van der Waals surface area (Å²) < 4.78 is 10.6. The van der Waals surface area contributed by atoms with Gasteiger partial charge in [0.15, 0.2) is 23.1 Å². The highest BCUT2D eigenvalue weighted by molar-refractivity contribution is 6.23. The van der Waals surface area contributed by atoms with Gasteiger partial charge in [0.25, 0.3) is 0 Å². The summed E-state index contributed by atoms with van der Waals surface area (Å²) in [6.45, 7) is 1.65. The standard InChI is InChI=1S/C33H35NO7/c1-17-13-25(35)24-16-23-20(11-12-22-29(23)33(39)34(32(22)38)19-7-5-4-6-8-19)21(28(24)30(17)36)10-9-18-14-26(40-2)31(37)27(15-18)41-3/h9-11,13-15,19,21-23,29,37H,4-8,12,16H2,1-3H3/t21-,22-,23+,29-/m0/s1. The second-order valence-electron chi connectivity index (χ2n) is 11.7. The summed E-state index contributed by atoms with van der Waals surface area (Å²) in [5.74, 6) is -2.03. The normalized spacial score (nSPS) is 28.4. The summed E-state index contributed by atoms with van der Waals surface area (Å²) in [6, 6.07) is 3.28. The molecule has 41 heavy (non-hydrogen) atoms. The molecule has 8 nitrogen and oxygen atoms in total. The number of phenolic OH excluding ortho intramolecular Hbond substituents is 1. The second kappa shape index (κ2) is 10.5. The minimum atomic E-state index is -0.529. The van der Waals surface area contributed by atoms with E-state index in [2.05, 4.69) is 0 Å². The first-order chi connectivity index (χ1) is 19.7. The van der Waals surface area contributed by atoms with Crippen molar-refractivity contribution in [1.29, 1.82) is 0 Å². The van der Waals surface area contributed by atoms with Crippen LogP contribution in [0.25, 0.3) is 6.08 Å². The topological polar surface area (TPSA) is 110 Å². The van der Waals surface area contributed by atoms with E-state index in [0.29, 0.717) is 28.7 Å². The highest BCUT2D eigenvalue weighted by Gasteiger charge is 2.57. The maximum atomic E-state index is 13.9. The molecule has 2 fully saturated rings. The summed E-state index contributed by atoms with van der Waals surface area (Å²) in [5, 5.41) is 10.3. The van der Waals surface area contributed by atoms with Crippen LogP contribution in [0.15, 0.2) is 52.7 Å². The fraction of sp³-hybridized carbons (Fsp3) is 0.455. The number of carbonyl (C=O) groups excluding carboxylic acids is 4. The van der Waals surface area contributed by atoms with E-state index < -0.39 is 17.8 Å². The number of carbonyl (C=O) groups is 4. The third kappa shape index (κ3) is 4.35. The molecule has 1 N–H and O–H groups in total. The van der Waals surface area contributed by atoms with Gasteiger partial charge in [0.2, 0.25) is 17.6 Å². The van der Waals surface area contributed by atoms with Crippen molar-refractivity contribution in [2.24, 2.45) is 23.7 Å². The molecule has 0 radical (unpaired) electrons. The SMILES string of the molecule is COc1cc(C=C[C@H]2C3=CC[C@@H]4C(=O)N(C5CCCCC5)C(=O)[C@@H]4[C@@H]3CC3=C2C(=O)C(C)=CC3=O)cc(OC)c1O. The lowest BCUT2D eigenvalue weighted by molar-refractivity contribution is -0.143. The zero-order valence-electron chi connectivity index (χ0n) is 23.6. The van der Waals surface area contributed by atoms with E-state index >= 15 is 0 Å². The van der Waals surface area contributed by atoms with Crippen LogP contribution in [0.5, 0.6) is 17.2 Å². The van der Waals surface area contributed by atoms with Gasteiger partial charge in [-0.05, 0) is 62.3 Å². The molecule has 6 rings (SSSR count). The average molecular weight is 558 g/mol. The van der Waals surface area contributed by atoms with E-state index in [1.807, 2.05) is 18.2 Å². The van der Waals surface area contributed by atoms with Crippen LogP contribution in [-0.4, -0.2) is 53.6 Å². The van der Waals surface area contributed by atoms with Crippen molar-refractivity contribution in [3.63, 3.8) is 0 Å². The van der Waals surface area contributed by atoms with Gasteiger partial charge in [0.05, 0.1) is 26.1 Å². The zero-order chi connectivity index (χ0) is 29.0. The van der Waals surface area contributed by atoms with Gasteiger partial charge in [0, 0.05) is 28.7 Å². The van der Waals surface area contributed by atoms with Crippen LogP contribution >= 0.6 is 0 Å². The zero-order valence-corrected chi connectivity index (χ0v) is 23.6. The molecule has 1 aromatic rings. The Kier molecular flexibility index (Phi) is 6.96. The minimum absolute atomic E-state index is 0.0465. The van der Waals surface area contributed by atoms with Crippen LogP contribution in [0, 0.1) is 23.7 Å². The van der Waals surface area contributed by atoms with Crippen LogP contribution in [0.3, 0.4) is 0 Å². The Morgan fingerprint density at radius 1 is 0.951 bits per heavy atom. The molecular weight excluding hydrogens is 522 g/mol. The number of ether oxygens (including phenoxy) is 2. The molecule has 0 aromatic heterocycles. The Balaban J connectivity index is 1.41. The number of fused-ring (bicyclic) bond motifs is 3. The van der Waals surface area contributed by atoms with E-state index in [1.165, 1.54) is 20.3 Å². The molecule has 1 heterocycles. The lowest BCUT2D eigenvalue weighted by atomic mass is 9.60. The van der Waals surface area contributed by atoms with Gasteiger partial charge in [-0.2, -0.15) is 0 Å². The number of imide groups is 1. The van der Waals surface area contributed by atoms with Crippen molar-refractivity contribution in [2.75, 3.05) is 14.2 Å². The predicted octanol–water partition coefficient (Wildman–Crippen LogP) is 4.72. The molecule has 2 amide bonds. The minimum Gasteiger partial charge on any atom is -0.502 e. The number of nitrogens with zero attached hydrogens (tertiary/aromatic N) is 1. The molecule has 4 atom stereocenters. The number of ketones is 2. The molecule has 8 heteroatoms. The highest BCUT2D eigenvalue weighted by atomic mass is 16.5. The Labute approximate surface area is 239 Å². The molecule has 1 aromatic carbocycles. The third-order valence-electron chi connectivity index (χ3n) is 9.57. The van der Waals surface area contributed by atoms with E-state index in [9.17, 15) is 24.3 Å². The molecule has 1 aliphatic heterocycles. The molecular formula is C33H35NO7. The van der Waals surface area contributed by atoms with Gasteiger partial charge in [-0.1, -0.05) is 43.1 Å². The van der Waals surface area contributed by atoms with Gasteiger partial charge in [-0.15, -0.1) is 0 Å². The van der Waals surface area contributed by atoms with Crippen molar-refractivity contribution in [2.45, 2.75) is 57.9 Å². The number of methoxy groups -OCH3 is 2. The molecule has 1 saturated heterocycles. The maximum Gasteiger partial charge on any atom is 0.233 e. The monoisotopic (exact) mass is 557 g/mol. The number of hydrogen-bond acceptors (Lipinski definition) is 7. The fourth-order valence-electron chi connectivity index (χ4n) is 7.58. The Bertz CT molecular complexity index is 1450. The number of benzene rings is 1. The van der Waals surface area contributed by atoms with Gasteiger partial charge in [-0.3, -0.25) is 24.1 Å². The first kappa shape index (κ1) is 27.2. The Hall–Kier alpha value is -3.94. The Morgan fingerprint density at radius 2 is 1.63 bits per heavy atom. The molecule has 5 aliphatic rings. The Morgan fingerprint density at radius 3 is 2.29 bits per heavy atom. The van der Waals surface area contributed by atoms with E-state index in [4.69, 9.17) is 9.47 Å². The second-order valence-corrected chi connectivity index (χ2v) is 11.7. The highest BCUT2D eigenvalue weighted by Crippen LogP contribution is 2.53. The molecule has 0 bridgehead atoms. The van der Waals surface area contributed by atoms with Crippen LogP contribution in [0.4, 0.5) is 0 Å². The first-order valence-electron chi connectivity index (χ1n) is 14.5. The van der Waals surface area contributed by atoms with Crippen molar-refractivity contribution in [3.05, 3.63) is 58.2 Å². The molecule has 4 aliphatic carbocycles. The summed E-state index contributed by atoms with van der Waals surface area (Å²) >= 11 is 0. The summed E-state index contributed by atoms with van der Waals surface area (Å²) in [5.41, 5.74) is 2.87. The van der Waals surface area contributed by atoms with Crippen molar-refractivity contribution in [3.8, 4) is 17.2 Å². The number of Topliss-reactive ketones (excluding diaryl/α,β-unsaturated/α-hetero) is 1. The smallest absolute Gasteiger partial charge is 0.233 e. The molecule has 0 spiro atoms. The van der Waals surface area contributed by atoms with Crippen molar-refractivity contribution >= 4 is 29.5 Å². The van der Waals surface area contributed by atoms with Crippen LogP contribution < -0.4 is 9.47 Å². The lowest BCUT2D eigenvalue weighted by Crippen LogP contribution is -2.43. The van der Waals surface area contributed by atoms with Gasteiger partial charge in [0.1, 0.15) is 0 Å².